The van der Waals surface area contributed by atoms with Crippen LogP contribution in [0.15, 0.2) is 24.3 Å². The lowest BCUT2D eigenvalue weighted by Crippen LogP contribution is -1.94. The molecule has 0 aliphatic heterocycles. The van der Waals surface area contributed by atoms with Crippen LogP contribution in [0.2, 0.25) is 0 Å². The third kappa shape index (κ3) is 8.62. The topological polar surface area (TPSA) is 57.5 Å². The lowest BCUT2D eigenvalue weighted by molar-refractivity contribution is 0.137. The van der Waals surface area contributed by atoms with E-state index in [1.807, 2.05) is 0 Å². The Kier molecular flexibility index (Phi) is 9.74. The molecule has 2 N–H and O–H groups in total. The third-order valence-corrected chi connectivity index (χ3v) is 2.72. The predicted octanol–water partition coefficient (Wildman–Crippen LogP) is 4.59. The van der Waals surface area contributed by atoms with Crippen LogP contribution in [0.1, 0.15) is 50.7 Å². The van der Waals surface area contributed by atoms with Crippen molar-refractivity contribution in [2.45, 2.75) is 52.4 Å². The molecule has 0 saturated heterocycles. The van der Waals surface area contributed by atoms with Gasteiger partial charge in [0.2, 0.25) is 0 Å². The molecule has 0 bridgehead atoms. The minimum atomic E-state index is -1.83. The van der Waals surface area contributed by atoms with Crippen LogP contribution in [0.25, 0.3) is 0 Å². The van der Waals surface area contributed by atoms with E-state index < -0.39 is 6.16 Å². The highest BCUT2D eigenvalue weighted by atomic mass is 16.6. The van der Waals surface area contributed by atoms with Gasteiger partial charge in [-0.05, 0) is 36.8 Å². The largest absolute Gasteiger partial charge is 0.503 e. The Balaban J connectivity index is 0.000000631. The Morgan fingerprint density at radius 2 is 1.28 bits per heavy atom. The first-order valence-corrected chi connectivity index (χ1v) is 6.60. The van der Waals surface area contributed by atoms with E-state index in [0.29, 0.717) is 0 Å². The summed E-state index contributed by atoms with van der Waals surface area (Å²) < 4.78 is 0. The first-order chi connectivity index (χ1) is 8.61. The number of benzene rings is 1. The molecule has 102 valence electrons. The van der Waals surface area contributed by atoms with Crippen molar-refractivity contribution >= 4 is 6.16 Å². The number of aryl methyl sites for hydroxylation is 2. The summed E-state index contributed by atoms with van der Waals surface area (Å²) in [5.74, 6) is 0. The maximum absolute atomic E-state index is 8.56. The van der Waals surface area contributed by atoms with Crippen molar-refractivity contribution in [3.8, 4) is 0 Å². The molecule has 0 saturated carbocycles. The summed E-state index contributed by atoms with van der Waals surface area (Å²) in [5, 5.41) is 13.9. The molecule has 0 fully saturated rings. The smallest absolute Gasteiger partial charge is 0.450 e. The molecule has 1 aromatic carbocycles. The van der Waals surface area contributed by atoms with Crippen LogP contribution in [0.3, 0.4) is 0 Å². The summed E-state index contributed by atoms with van der Waals surface area (Å²) >= 11 is 0. The second-order valence-corrected chi connectivity index (χ2v) is 4.26. The van der Waals surface area contributed by atoms with E-state index >= 15 is 0 Å². The highest BCUT2D eigenvalue weighted by Gasteiger charge is 1.99. The number of hydrogen-bond donors (Lipinski definition) is 2. The molecule has 0 spiro atoms. The third-order valence-electron chi connectivity index (χ3n) is 2.72. The van der Waals surface area contributed by atoms with Gasteiger partial charge in [-0.2, -0.15) is 0 Å². The molecular formula is C15H24O3. The lowest BCUT2D eigenvalue weighted by Gasteiger charge is -2.07. The van der Waals surface area contributed by atoms with Crippen LogP contribution in [-0.4, -0.2) is 16.4 Å². The maximum atomic E-state index is 8.56. The SMILES string of the molecule is CCCCc1ccccc1CCCC.O=C(O)O. The number of rotatable bonds is 6. The Morgan fingerprint density at radius 1 is 0.944 bits per heavy atom. The van der Waals surface area contributed by atoms with E-state index in [-0.39, 0.29) is 0 Å². The monoisotopic (exact) mass is 252 g/mol. The highest BCUT2D eigenvalue weighted by molar-refractivity contribution is 5.53. The molecule has 0 radical (unpaired) electrons. The van der Waals surface area contributed by atoms with E-state index in [2.05, 4.69) is 38.1 Å². The molecule has 0 heterocycles. The Labute approximate surface area is 109 Å². The van der Waals surface area contributed by atoms with Gasteiger partial charge in [0, 0.05) is 0 Å². The minimum absolute atomic E-state index is 1.26. The summed E-state index contributed by atoms with van der Waals surface area (Å²) in [6.45, 7) is 4.52. The zero-order valence-corrected chi connectivity index (χ0v) is 11.4. The van der Waals surface area contributed by atoms with Crippen LogP contribution >= 0.6 is 0 Å². The minimum Gasteiger partial charge on any atom is -0.450 e. The Hall–Kier alpha value is -1.51. The zero-order valence-electron chi connectivity index (χ0n) is 11.4. The van der Waals surface area contributed by atoms with Crippen LogP contribution in [0.5, 0.6) is 0 Å². The van der Waals surface area contributed by atoms with Gasteiger partial charge in [-0.3, -0.25) is 0 Å². The van der Waals surface area contributed by atoms with Crippen molar-refractivity contribution < 1.29 is 15.0 Å². The average molecular weight is 252 g/mol. The number of hydrogen-bond acceptors (Lipinski definition) is 1. The summed E-state index contributed by atoms with van der Waals surface area (Å²) in [4.78, 5) is 8.56. The fourth-order valence-corrected chi connectivity index (χ4v) is 1.78. The molecule has 3 heteroatoms. The zero-order chi connectivity index (χ0) is 13.8. The van der Waals surface area contributed by atoms with Crippen molar-refractivity contribution in [3.63, 3.8) is 0 Å². The normalized spacial score (nSPS) is 9.44. The lowest BCUT2D eigenvalue weighted by atomic mass is 9.98. The van der Waals surface area contributed by atoms with Gasteiger partial charge in [0.15, 0.2) is 0 Å². The van der Waals surface area contributed by atoms with Gasteiger partial charge in [-0.25, -0.2) is 4.79 Å². The number of carboxylic acid groups (broad SMARTS) is 2. The summed E-state index contributed by atoms with van der Waals surface area (Å²) in [7, 11) is 0. The standard InChI is InChI=1S/C14H22.CH2O3/c1-3-5-9-13-11-7-8-12-14(13)10-6-4-2;2-1(3)4/h7-8,11-12H,3-6,9-10H2,1-2H3;(H2,2,3,4). The predicted molar refractivity (Wildman–Crippen MR) is 74.3 cm³/mol. The molecule has 0 atom stereocenters. The molecule has 0 aromatic heterocycles. The molecule has 0 amide bonds. The molecule has 0 aliphatic rings. The van der Waals surface area contributed by atoms with Crippen molar-refractivity contribution in [2.75, 3.05) is 0 Å². The van der Waals surface area contributed by atoms with Crippen LogP contribution in [-0.2, 0) is 12.8 Å². The van der Waals surface area contributed by atoms with Gasteiger partial charge in [-0.1, -0.05) is 51.0 Å². The molecule has 1 rings (SSSR count). The van der Waals surface area contributed by atoms with E-state index in [0.717, 1.165) is 0 Å². The van der Waals surface area contributed by atoms with Gasteiger partial charge in [0.25, 0.3) is 0 Å². The Morgan fingerprint density at radius 3 is 1.56 bits per heavy atom. The van der Waals surface area contributed by atoms with Gasteiger partial charge >= 0.3 is 6.16 Å². The quantitative estimate of drug-likeness (QED) is 0.778. The summed E-state index contributed by atoms with van der Waals surface area (Å²) in [6.07, 6.45) is 5.92. The molecule has 18 heavy (non-hydrogen) atoms. The van der Waals surface area contributed by atoms with E-state index in [1.165, 1.54) is 38.5 Å². The van der Waals surface area contributed by atoms with Crippen molar-refractivity contribution in [1.29, 1.82) is 0 Å². The van der Waals surface area contributed by atoms with Crippen LogP contribution in [0, 0.1) is 0 Å². The first kappa shape index (κ1) is 16.5. The number of unbranched alkanes of at least 4 members (excludes halogenated alkanes) is 2. The van der Waals surface area contributed by atoms with Gasteiger partial charge in [0.05, 0.1) is 0 Å². The van der Waals surface area contributed by atoms with Crippen molar-refractivity contribution in [3.05, 3.63) is 35.4 Å². The van der Waals surface area contributed by atoms with Crippen molar-refractivity contribution in [2.24, 2.45) is 0 Å². The maximum Gasteiger partial charge on any atom is 0.503 e. The van der Waals surface area contributed by atoms with E-state index in [4.69, 9.17) is 15.0 Å². The molecule has 0 unspecified atom stereocenters. The fourth-order valence-electron chi connectivity index (χ4n) is 1.78. The fraction of sp³-hybridized carbons (Fsp3) is 0.533. The second-order valence-electron chi connectivity index (χ2n) is 4.26. The molecule has 3 nitrogen and oxygen atoms in total. The van der Waals surface area contributed by atoms with Gasteiger partial charge in [0.1, 0.15) is 0 Å². The Bertz CT molecular complexity index is 303. The number of carbonyl (C=O) groups is 1. The first-order valence-electron chi connectivity index (χ1n) is 6.60. The molecule has 0 aliphatic carbocycles. The van der Waals surface area contributed by atoms with Crippen LogP contribution in [0.4, 0.5) is 4.79 Å². The second kappa shape index (κ2) is 10.6. The summed E-state index contributed by atoms with van der Waals surface area (Å²) in [6, 6.07) is 8.92. The molecular weight excluding hydrogens is 228 g/mol. The highest BCUT2D eigenvalue weighted by Crippen LogP contribution is 2.14. The summed E-state index contributed by atoms with van der Waals surface area (Å²) in [5.41, 5.74) is 3.14. The van der Waals surface area contributed by atoms with Crippen LogP contribution < -0.4 is 0 Å². The average Bonchev–Trinajstić information content (AvgIpc) is 2.34. The van der Waals surface area contributed by atoms with Crippen molar-refractivity contribution in [1.82, 2.24) is 0 Å². The van der Waals surface area contributed by atoms with Gasteiger partial charge in [-0.15, -0.1) is 0 Å². The van der Waals surface area contributed by atoms with E-state index in [1.54, 1.807) is 11.1 Å². The van der Waals surface area contributed by atoms with Gasteiger partial charge < -0.3 is 10.2 Å². The van der Waals surface area contributed by atoms with E-state index in [9.17, 15) is 0 Å². The molecule has 1 aromatic rings.